The molecule has 1 amide bonds. The maximum Gasteiger partial charge on any atom is 0.236 e. The number of unbranched alkanes of at least 4 members (excludes halogenated alkanes) is 1. The molecule has 6 heteroatoms. The number of amides is 1. The Bertz CT molecular complexity index is 757. The van der Waals surface area contributed by atoms with Crippen LogP contribution in [0.2, 0.25) is 0 Å². The molecule has 0 aliphatic carbocycles. The number of nitrogens with zero attached hydrogens (tertiary/aromatic N) is 2. The van der Waals surface area contributed by atoms with Crippen molar-refractivity contribution in [3.8, 4) is 5.75 Å². The Labute approximate surface area is 213 Å². The topological polar surface area (TPSA) is 51.2 Å². The predicted octanol–water partition coefficient (Wildman–Crippen LogP) is 5.39. The third kappa shape index (κ3) is 8.19. The number of likely N-dealkylation sites (tertiary alicyclic amines) is 1. The van der Waals surface area contributed by atoms with Crippen molar-refractivity contribution in [2.24, 2.45) is 0 Å². The first-order valence-electron chi connectivity index (χ1n) is 14.1. The third-order valence-electron chi connectivity index (χ3n) is 7.32. The summed E-state index contributed by atoms with van der Waals surface area (Å²) >= 11 is 0. The van der Waals surface area contributed by atoms with Gasteiger partial charge in [-0.3, -0.25) is 9.69 Å². The SMILES string of the molecule is CCCC.CCCN(CCC)C(=O)CN1CC(c2ccc3c(c2)CCO3)CC1CCC1OCCO1. The molecule has 2 fully saturated rings. The number of hydrogen-bond donors (Lipinski definition) is 0. The Morgan fingerprint density at radius 2 is 1.69 bits per heavy atom. The third-order valence-corrected chi connectivity index (χ3v) is 7.32. The van der Waals surface area contributed by atoms with Crippen LogP contribution < -0.4 is 4.74 Å². The molecule has 1 aromatic rings. The van der Waals surface area contributed by atoms with Crippen LogP contribution in [0.1, 0.15) is 89.7 Å². The van der Waals surface area contributed by atoms with E-state index in [1.165, 1.54) is 24.0 Å². The summed E-state index contributed by atoms with van der Waals surface area (Å²) < 4.78 is 17.0. The van der Waals surface area contributed by atoms with Crippen molar-refractivity contribution in [3.05, 3.63) is 29.3 Å². The molecule has 3 aliphatic heterocycles. The summed E-state index contributed by atoms with van der Waals surface area (Å²) in [4.78, 5) is 17.6. The van der Waals surface area contributed by atoms with E-state index in [9.17, 15) is 4.79 Å². The molecule has 3 aliphatic rings. The second-order valence-electron chi connectivity index (χ2n) is 10.1. The molecule has 2 saturated heterocycles. The molecular weight excluding hydrogens is 440 g/mol. The van der Waals surface area contributed by atoms with Gasteiger partial charge in [-0.15, -0.1) is 0 Å². The summed E-state index contributed by atoms with van der Waals surface area (Å²) in [7, 11) is 0. The average molecular weight is 489 g/mol. The summed E-state index contributed by atoms with van der Waals surface area (Å²) in [5, 5.41) is 0. The zero-order valence-corrected chi connectivity index (χ0v) is 22.6. The molecule has 198 valence electrons. The van der Waals surface area contributed by atoms with Gasteiger partial charge in [0.15, 0.2) is 6.29 Å². The van der Waals surface area contributed by atoms with E-state index in [1.54, 1.807) is 0 Å². The molecule has 0 aromatic heterocycles. The molecular formula is C29H48N2O4. The highest BCUT2D eigenvalue weighted by Gasteiger charge is 2.35. The van der Waals surface area contributed by atoms with E-state index in [2.05, 4.69) is 50.8 Å². The van der Waals surface area contributed by atoms with Gasteiger partial charge in [-0.2, -0.15) is 0 Å². The highest BCUT2D eigenvalue weighted by atomic mass is 16.7. The van der Waals surface area contributed by atoms with Crippen molar-refractivity contribution < 1.29 is 19.0 Å². The van der Waals surface area contributed by atoms with E-state index in [0.717, 1.165) is 70.5 Å². The minimum Gasteiger partial charge on any atom is -0.493 e. The predicted molar refractivity (Wildman–Crippen MR) is 141 cm³/mol. The van der Waals surface area contributed by atoms with Gasteiger partial charge in [0.1, 0.15) is 5.75 Å². The summed E-state index contributed by atoms with van der Waals surface area (Å²) in [5.41, 5.74) is 2.71. The zero-order chi connectivity index (χ0) is 25.0. The summed E-state index contributed by atoms with van der Waals surface area (Å²) in [6.45, 7) is 14.0. The summed E-state index contributed by atoms with van der Waals surface area (Å²) in [5.74, 6) is 1.76. The first kappa shape index (κ1) is 27.9. The van der Waals surface area contributed by atoms with Crippen LogP contribution in [-0.4, -0.2) is 74.0 Å². The Kier molecular flexibility index (Phi) is 11.8. The maximum absolute atomic E-state index is 13.1. The Morgan fingerprint density at radius 1 is 0.971 bits per heavy atom. The minimum atomic E-state index is -0.0783. The van der Waals surface area contributed by atoms with Crippen LogP contribution in [0.5, 0.6) is 5.75 Å². The summed E-state index contributed by atoms with van der Waals surface area (Å²) in [6, 6.07) is 7.07. The number of rotatable bonds is 11. The van der Waals surface area contributed by atoms with Crippen LogP contribution in [-0.2, 0) is 20.7 Å². The van der Waals surface area contributed by atoms with Crippen molar-refractivity contribution >= 4 is 5.91 Å². The van der Waals surface area contributed by atoms with Crippen molar-refractivity contribution in [1.82, 2.24) is 9.80 Å². The van der Waals surface area contributed by atoms with Crippen molar-refractivity contribution in [2.45, 2.75) is 97.3 Å². The Balaban J connectivity index is 0.000000795. The van der Waals surface area contributed by atoms with Crippen LogP contribution in [0.4, 0.5) is 0 Å². The Morgan fingerprint density at radius 3 is 2.34 bits per heavy atom. The van der Waals surface area contributed by atoms with Gasteiger partial charge in [-0.25, -0.2) is 0 Å². The second-order valence-corrected chi connectivity index (χ2v) is 10.1. The molecule has 0 bridgehead atoms. The fourth-order valence-electron chi connectivity index (χ4n) is 5.26. The number of carbonyl (C=O) groups excluding carboxylic acids is 1. The number of carbonyl (C=O) groups is 1. The van der Waals surface area contributed by atoms with Crippen LogP contribution in [0, 0.1) is 0 Å². The van der Waals surface area contributed by atoms with Gasteiger partial charge in [-0.1, -0.05) is 52.7 Å². The van der Waals surface area contributed by atoms with Crippen LogP contribution in [0.15, 0.2) is 18.2 Å². The van der Waals surface area contributed by atoms with Gasteiger partial charge >= 0.3 is 0 Å². The quantitative estimate of drug-likeness (QED) is 0.418. The molecule has 35 heavy (non-hydrogen) atoms. The van der Waals surface area contributed by atoms with E-state index < -0.39 is 0 Å². The first-order valence-corrected chi connectivity index (χ1v) is 14.1. The van der Waals surface area contributed by atoms with Crippen LogP contribution >= 0.6 is 0 Å². The molecule has 1 aromatic carbocycles. The van der Waals surface area contributed by atoms with Crippen molar-refractivity contribution in [2.75, 3.05) is 46.0 Å². The molecule has 2 atom stereocenters. The molecule has 0 N–H and O–H groups in total. The fourth-order valence-corrected chi connectivity index (χ4v) is 5.26. The zero-order valence-electron chi connectivity index (χ0n) is 22.6. The van der Waals surface area contributed by atoms with Gasteiger partial charge in [0.2, 0.25) is 5.91 Å². The van der Waals surface area contributed by atoms with Gasteiger partial charge in [0.05, 0.1) is 26.4 Å². The summed E-state index contributed by atoms with van der Waals surface area (Å²) in [6.07, 6.45) is 8.56. The lowest BCUT2D eigenvalue weighted by molar-refractivity contribution is -0.132. The van der Waals surface area contributed by atoms with E-state index in [0.29, 0.717) is 31.7 Å². The molecule has 0 saturated carbocycles. The number of ether oxygens (including phenoxy) is 3. The van der Waals surface area contributed by atoms with Gasteiger partial charge in [-0.05, 0) is 55.2 Å². The van der Waals surface area contributed by atoms with Gasteiger partial charge < -0.3 is 19.1 Å². The molecule has 0 spiro atoms. The largest absolute Gasteiger partial charge is 0.493 e. The standard InChI is InChI=1S/C25H38N2O4.C4H10/c1-3-10-26(11-4-2)24(28)18-27-17-21(16-22(27)6-8-25-30-13-14-31-25)19-5-7-23-20(15-19)9-12-29-23;1-3-4-2/h5,7,15,21-22,25H,3-4,6,8-14,16-18H2,1-2H3;3-4H2,1-2H3. The van der Waals surface area contributed by atoms with Crippen molar-refractivity contribution in [1.29, 1.82) is 0 Å². The molecule has 0 radical (unpaired) electrons. The van der Waals surface area contributed by atoms with Gasteiger partial charge in [0, 0.05) is 32.1 Å². The molecule has 6 nitrogen and oxygen atoms in total. The molecule has 4 rings (SSSR count). The number of fused-ring (bicyclic) bond motifs is 1. The number of benzene rings is 1. The van der Waals surface area contributed by atoms with E-state index in [4.69, 9.17) is 14.2 Å². The lowest BCUT2D eigenvalue weighted by Gasteiger charge is -2.28. The lowest BCUT2D eigenvalue weighted by atomic mass is 9.93. The fraction of sp³-hybridized carbons (Fsp3) is 0.759. The van der Waals surface area contributed by atoms with Crippen LogP contribution in [0.3, 0.4) is 0 Å². The van der Waals surface area contributed by atoms with E-state index in [1.807, 2.05) is 4.90 Å². The Hall–Kier alpha value is -1.63. The lowest BCUT2D eigenvalue weighted by Crippen LogP contribution is -2.43. The van der Waals surface area contributed by atoms with Gasteiger partial charge in [0.25, 0.3) is 0 Å². The minimum absolute atomic E-state index is 0.0783. The smallest absolute Gasteiger partial charge is 0.236 e. The normalized spacial score (nSPS) is 21.9. The molecule has 3 heterocycles. The van der Waals surface area contributed by atoms with Crippen molar-refractivity contribution in [3.63, 3.8) is 0 Å². The van der Waals surface area contributed by atoms with E-state index >= 15 is 0 Å². The highest BCUT2D eigenvalue weighted by Crippen LogP contribution is 2.37. The monoisotopic (exact) mass is 488 g/mol. The number of hydrogen-bond acceptors (Lipinski definition) is 5. The maximum atomic E-state index is 13.1. The first-order chi connectivity index (χ1) is 17.1. The molecule has 2 unspecified atom stereocenters. The average Bonchev–Trinajstić information content (AvgIpc) is 3.63. The highest BCUT2D eigenvalue weighted by molar-refractivity contribution is 5.78. The second kappa shape index (κ2) is 14.8. The van der Waals surface area contributed by atoms with E-state index in [-0.39, 0.29) is 12.2 Å². The van der Waals surface area contributed by atoms with Crippen LogP contribution in [0.25, 0.3) is 0 Å².